The molecule has 158 valence electrons. The van der Waals surface area contributed by atoms with Gasteiger partial charge < -0.3 is 14.2 Å². The van der Waals surface area contributed by atoms with E-state index in [2.05, 4.69) is 15.3 Å². The van der Waals surface area contributed by atoms with Gasteiger partial charge in [0.1, 0.15) is 5.76 Å². The molecule has 0 saturated heterocycles. The molecule has 6 nitrogen and oxygen atoms in total. The molecule has 0 atom stereocenters. The Morgan fingerprint density at radius 3 is 2.66 bits per heavy atom. The number of halogens is 2. The molecule has 0 aliphatic rings. The maximum atomic E-state index is 12.8. The summed E-state index contributed by atoms with van der Waals surface area (Å²) in [5.41, 5.74) is 4.06. The predicted octanol–water partition coefficient (Wildman–Crippen LogP) is 7.02. The molecule has 0 fully saturated rings. The summed E-state index contributed by atoms with van der Waals surface area (Å²) >= 11 is 12.2. The van der Waals surface area contributed by atoms with E-state index >= 15 is 0 Å². The zero-order valence-electron chi connectivity index (χ0n) is 16.7. The molecule has 1 N–H and O–H groups in total. The largest absolute Gasteiger partial charge is 0.451 e. The van der Waals surface area contributed by atoms with Gasteiger partial charge in [0.2, 0.25) is 5.89 Å². The lowest BCUT2D eigenvalue weighted by Gasteiger charge is -2.07. The Kier molecular flexibility index (Phi) is 5.17. The number of oxazole rings is 1. The van der Waals surface area contributed by atoms with E-state index in [1.165, 1.54) is 0 Å². The second-order valence-electron chi connectivity index (χ2n) is 7.12. The van der Waals surface area contributed by atoms with Gasteiger partial charge in [-0.05, 0) is 67.1 Å². The fraction of sp³-hybridized carbons (Fsp3) is 0.0417. The van der Waals surface area contributed by atoms with Crippen LogP contribution in [0, 0.1) is 6.92 Å². The van der Waals surface area contributed by atoms with Gasteiger partial charge in [-0.25, -0.2) is 4.98 Å². The van der Waals surface area contributed by atoms with Gasteiger partial charge in [-0.15, -0.1) is 0 Å². The summed E-state index contributed by atoms with van der Waals surface area (Å²) in [6.45, 7) is 1.94. The number of carbonyl (C=O) groups excluding carboxylic acids is 1. The molecule has 0 saturated carbocycles. The van der Waals surface area contributed by atoms with Crippen LogP contribution < -0.4 is 5.32 Å². The molecule has 3 heterocycles. The SMILES string of the molecule is Cc1ccc(NC(=O)c2ccc(-c3ccc(Cl)cc3Cl)o2)cc1-c1nc2ncccc2o1. The third kappa shape index (κ3) is 3.86. The van der Waals surface area contributed by atoms with E-state index in [-0.39, 0.29) is 5.76 Å². The second kappa shape index (κ2) is 8.15. The van der Waals surface area contributed by atoms with E-state index in [1.807, 2.05) is 13.0 Å². The van der Waals surface area contributed by atoms with Crippen LogP contribution in [0.2, 0.25) is 10.0 Å². The van der Waals surface area contributed by atoms with Gasteiger partial charge in [-0.3, -0.25) is 4.79 Å². The van der Waals surface area contributed by atoms with Crippen molar-refractivity contribution in [2.45, 2.75) is 6.92 Å². The first-order valence-corrected chi connectivity index (χ1v) is 10.4. The van der Waals surface area contributed by atoms with Crippen LogP contribution in [0.5, 0.6) is 0 Å². The summed E-state index contributed by atoms with van der Waals surface area (Å²) in [7, 11) is 0. The van der Waals surface area contributed by atoms with Crippen LogP contribution in [0.25, 0.3) is 34.0 Å². The molecule has 5 aromatic rings. The zero-order valence-corrected chi connectivity index (χ0v) is 18.2. The first-order valence-electron chi connectivity index (χ1n) is 9.67. The quantitative estimate of drug-likeness (QED) is 0.309. The lowest BCUT2D eigenvalue weighted by atomic mass is 10.1. The number of fused-ring (bicyclic) bond motifs is 1. The third-order valence-electron chi connectivity index (χ3n) is 4.92. The Morgan fingerprint density at radius 2 is 1.84 bits per heavy atom. The van der Waals surface area contributed by atoms with Crippen LogP contribution in [0.15, 0.2) is 75.7 Å². The second-order valence-corrected chi connectivity index (χ2v) is 7.96. The molecule has 2 aromatic carbocycles. The van der Waals surface area contributed by atoms with E-state index < -0.39 is 5.91 Å². The van der Waals surface area contributed by atoms with Crippen molar-refractivity contribution in [1.29, 1.82) is 0 Å². The zero-order chi connectivity index (χ0) is 22.2. The molecule has 0 bridgehead atoms. The number of benzene rings is 2. The van der Waals surface area contributed by atoms with Gasteiger partial charge in [-0.2, -0.15) is 4.98 Å². The van der Waals surface area contributed by atoms with Crippen molar-refractivity contribution in [1.82, 2.24) is 9.97 Å². The highest BCUT2D eigenvalue weighted by molar-refractivity contribution is 6.36. The average Bonchev–Trinajstić information content (AvgIpc) is 3.42. The number of aromatic nitrogens is 2. The molecule has 8 heteroatoms. The Morgan fingerprint density at radius 1 is 0.969 bits per heavy atom. The fourth-order valence-corrected chi connectivity index (χ4v) is 3.80. The number of hydrogen-bond donors (Lipinski definition) is 1. The lowest BCUT2D eigenvalue weighted by molar-refractivity contribution is 0.0997. The van der Waals surface area contributed by atoms with Crippen LogP contribution in [-0.4, -0.2) is 15.9 Å². The maximum absolute atomic E-state index is 12.8. The van der Waals surface area contributed by atoms with Crippen molar-refractivity contribution >= 4 is 46.0 Å². The van der Waals surface area contributed by atoms with E-state index in [1.54, 1.807) is 60.8 Å². The van der Waals surface area contributed by atoms with Crippen molar-refractivity contribution in [2.75, 3.05) is 5.32 Å². The highest BCUT2D eigenvalue weighted by Gasteiger charge is 2.16. The van der Waals surface area contributed by atoms with Crippen molar-refractivity contribution in [2.24, 2.45) is 0 Å². The molecule has 0 aliphatic carbocycles. The van der Waals surface area contributed by atoms with E-state index in [4.69, 9.17) is 32.0 Å². The molecule has 3 aromatic heterocycles. The highest BCUT2D eigenvalue weighted by atomic mass is 35.5. The average molecular weight is 464 g/mol. The fourth-order valence-electron chi connectivity index (χ4n) is 3.30. The smallest absolute Gasteiger partial charge is 0.291 e. The van der Waals surface area contributed by atoms with Crippen LogP contribution >= 0.6 is 23.2 Å². The van der Waals surface area contributed by atoms with Gasteiger partial charge >= 0.3 is 0 Å². The maximum Gasteiger partial charge on any atom is 0.291 e. The highest BCUT2D eigenvalue weighted by Crippen LogP contribution is 2.32. The van der Waals surface area contributed by atoms with Gasteiger partial charge in [-0.1, -0.05) is 29.3 Å². The van der Waals surface area contributed by atoms with Gasteiger partial charge in [0.05, 0.1) is 5.02 Å². The minimum absolute atomic E-state index is 0.152. The van der Waals surface area contributed by atoms with Crippen LogP contribution in [0.4, 0.5) is 5.69 Å². The number of nitrogens with zero attached hydrogens (tertiary/aromatic N) is 2. The number of anilines is 1. The van der Waals surface area contributed by atoms with Gasteiger partial charge in [0.15, 0.2) is 17.0 Å². The van der Waals surface area contributed by atoms with E-state index in [0.29, 0.717) is 44.2 Å². The summed E-state index contributed by atoms with van der Waals surface area (Å²) < 4.78 is 11.5. The van der Waals surface area contributed by atoms with Crippen LogP contribution in [0.3, 0.4) is 0 Å². The minimum Gasteiger partial charge on any atom is -0.451 e. The third-order valence-corrected chi connectivity index (χ3v) is 5.46. The number of amides is 1. The number of hydrogen-bond acceptors (Lipinski definition) is 5. The summed E-state index contributed by atoms with van der Waals surface area (Å²) in [6, 6.07) is 17.4. The monoisotopic (exact) mass is 463 g/mol. The Hall–Kier alpha value is -3.61. The Bertz CT molecular complexity index is 1440. The number of rotatable bonds is 4. The molecule has 0 radical (unpaired) electrons. The molecule has 5 rings (SSSR count). The number of carbonyl (C=O) groups is 1. The first-order chi connectivity index (χ1) is 15.5. The molecular formula is C24H15Cl2N3O3. The molecule has 0 unspecified atom stereocenters. The summed E-state index contributed by atoms with van der Waals surface area (Å²) in [5, 5.41) is 3.81. The summed E-state index contributed by atoms with van der Waals surface area (Å²) in [5.74, 6) is 0.667. The number of nitrogens with one attached hydrogen (secondary N) is 1. The minimum atomic E-state index is -0.393. The standard InChI is InChI=1S/C24H15Cl2N3O3/c1-13-4-6-15(12-17(13)24-29-22-20(32-24)3-2-10-27-22)28-23(30)21-9-8-19(31-21)16-7-5-14(25)11-18(16)26/h2-12H,1H3,(H,28,30). The molecule has 1 amide bonds. The topological polar surface area (TPSA) is 81.2 Å². The summed E-state index contributed by atoms with van der Waals surface area (Å²) in [4.78, 5) is 21.4. The number of furan rings is 1. The van der Waals surface area contributed by atoms with Crippen molar-refractivity contribution in [3.05, 3.63) is 88.2 Å². The lowest BCUT2D eigenvalue weighted by Crippen LogP contribution is -2.11. The van der Waals surface area contributed by atoms with Crippen LogP contribution in [0.1, 0.15) is 16.1 Å². The van der Waals surface area contributed by atoms with Crippen LogP contribution in [-0.2, 0) is 0 Å². The Labute approximate surface area is 192 Å². The van der Waals surface area contributed by atoms with E-state index in [0.717, 1.165) is 11.1 Å². The van der Waals surface area contributed by atoms with Crippen molar-refractivity contribution < 1.29 is 13.6 Å². The molecule has 0 aliphatic heterocycles. The number of aryl methyl sites for hydroxylation is 1. The predicted molar refractivity (Wildman–Crippen MR) is 124 cm³/mol. The van der Waals surface area contributed by atoms with E-state index in [9.17, 15) is 4.79 Å². The molecule has 32 heavy (non-hydrogen) atoms. The van der Waals surface area contributed by atoms with Crippen molar-refractivity contribution in [3.8, 4) is 22.8 Å². The first kappa shape index (κ1) is 20.3. The number of pyridine rings is 1. The summed E-state index contributed by atoms with van der Waals surface area (Å²) in [6.07, 6.45) is 1.66. The van der Waals surface area contributed by atoms with Gasteiger partial charge in [0, 0.05) is 28.0 Å². The van der Waals surface area contributed by atoms with Crippen molar-refractivity contribution in [3.63, 3.8) is 0 Å². The van der Waals surface area contributed by atoms with Gasteiger partial charge in [0.25, 0.3) is 5.91 Å². The molecule has 0 spiro atoms. The Balaban J connectivity index is 1.40. The normalized spacial score (nSPS) is 11.1. The molecular weight excluding hydrogens is 449 g/mol.